The van der Waals surface area contributed by atoms with Gasteiger partial charge in [-0.2, -0.15) is 0 Å². The maximum atomic E-state index is 12.1. The molecular formula is C14H21ClN2O. The fourth-order valence-electron chi connectivity index (χ4n) is 2.20. The van der Waals surface area contributed by atoms with E-state index in [1.54, 1.807) is 0 Å². The molecule has 1 heterocycles. The van der Waals surface area contributed by atoms with E-state index in [2.05, 4.69) is 23.6 Å². The summed E-state index contributed by atoms with van der Waals surface area (Å²) in [6.07, 6.45) is 2.08. The van der Waals surface area contributed by atoms with Crippen molar-refractivity contribution >= 4 is 24.0 Å². The number of nitrogens with one attached hydrogen (secondary N) is 2. The van der Waals surface area contributed by atoms with Gasteiger partial charge in [0.05, 0.1) is 5.92 Å². The number of anilines is 1. The van der Waals surface area contributed by atoms with Crippen LogP contribution >= 0.6 is 12.4 Å². The normalized spacial score (nSPS) is 18.9. The third-order valence-electron chi connectivity index (χ3n) is 3.53. The van der Waals surface area contributed by atoms with Crippen molar-refractivity contribution in [2.24, 2.45) is 5.92 Å². The Morgan fingerprint density at radius 1 is 1.39 bits per heavy atom. The zero-order valence-electron chi connectivity index (χ0n) is 11.0. The summed E-state index contributed by atoms with van der Waals surface area (Å²) >= 11 is 0. The molecule has 1 unspecified atom stereocenters. The van der Waals surface area contributed by atoms with Gasteiger partial charge in [0.25, 0.3) is 0 Å². The maximum absolute atomic E-state index is 12.1. The smallest absolute Gasteiger partial charge is 0.228 e. The van der Waals surface area contributed by atoms with Crippen molar-refractivity contribution in [3.8, 4) is 0 Å². The Morgan fingerprint density at radius 2 is 2.17 bits per heavy atom. The zero-order valence-corrected chi connectivity index (χ0v) is 11.8. The van der Waals surface area contributed by atoms with Crippen LogP contribution in [0.15, 0.2) is 18.2 Å². The van der Waals surface area contributed by atoms with Gasteiger partial charge in [-0.15, -0.1) is 12.4 Å². The van der Waals surface area contributed by atoms with E-state index >= 15 is 0 Å². The van der Waals surface area contributed by atoms with Gasteiger partial charge < -0.3 is 10.6 Å². The molecule has 1 aliphatic heterocycles. The molecule has 18 heavy (non-hydrogen) atoms. The van der Waals surface area contributed by atoms with Crippen molar-refractivity contribution in [3.05, 3.63) is 29.3 Å². The highest BCUT2D eigenvalue weighted by atomic mass is 35.5. The molecule has 1 atom stereocenters. The first kappa shape index (κ1) is 15.0. The number of carbonyl (C=O) groups excluding carboxylic acids is 1. The van der Waals surface area contributed by atoms with Gasteiger partial charge in [-0.05, 0) is 50.4 Å². The third-order valence-corrected chi connectivity index (χ3v) is 3.53. The van der Waals surface area contributed by atoms with E-state index in [1.165, 1.54) is 5.56 Å². The fraction of sp³-hybridized carbons (Fsp3) is 0.500. The van der Waals surface area contributed by atoms with Crippen LogP contribution < -0.4 is 10.6 Å². The first-order valence-electron chi connectivity index (χ1n) is 6.26. The molecule has 2 rings (SSSR count). The Kier molecular flexibility index (Phi) is 5.63. The first-order chi connectivity index (χ1) is 8.18. The minimum Gasteiger partial charge on any atom is -0.326 e. The molecule has 1 fully saturated rings. The lowest BCUT2D eigenvalue weighted by Gasteiger charge is -2.22. The molecule has 0 radical (unpaired) electrons. The summed E-state index contributed by atoms with van der Waals surface area (Å²) in [4.78, 5) is 12.1. The Morgan fingerprint density at radius 3 is 2.83 bits per heavy atom. The topological polar surface area (TPSA) is 41.1 Å². The van der Waals surface area contributed by atoms with Crippen LogP contribution in [0.25, 0.3) is 0 Å². The molecule has 0 bridgehead atoms. The number of aryl methyl sites for hydroxylation is 1. The molecule has 1 amide bonds. The van der Waals surface area contributed by atoms with Crippen molar-refractivity contribution in [1.29, 1.82) is 0 Å². The summed E-state index contributed by atoms with van der Waals surface area (Å²) in [5.74, 6) is 0.259. The van der Waals surface area contributed by atoms with Gasteiger partial charge in [-0.3, -0.25) is 4.79 Å². The van der Waals surface area contributed by atoms with E-state index in [1.807, 2.05) is 19.1 Å². The number of hydrogen-bond acceptors (Lipinski definition) is 2. The lowest BCUT2D eigenvalue weighted by molar-refractivity contribution is -0.120. The lowest BCUT2D eigenvalue weighted by atomic mass is 9.98. The second kappa shape index (κ2) is 6.76. The molecule has 100 valence electrons. The van der Waals surface area contributed by atoms with E-state index in [0.29, 0.717) is 0 Å². The molecule has 1 aliphatic rings. The lowest BCUT2D eigenvalue weighted by Crippen LogP contribution is -2.37. The molecule has 0 spiro atoms. The van der Waals surface area contributed by atoms with E-state index in [-0.39, 0.29) is 24.2 Å². The predicted molar refractivity (Wildman–Crippen MR) is 77.4 cm³/mol. The second-order valence-electron chi connectivity index (χ2n) is 4.78. The van der Waals surface area contributed by atoms with Crippen molar-refractivity contribution in [3.63, 3.8) is 0 Å². The van der Waals surface area contributed by atoms with E-state index in [4.69, 9.17) is 0 Å². The number of carbonyl (C=O) groups is 1. The van der Waals surface area contributed by atoms with Crippen molar-refractivity contribution in [1.82, 2.24) is 5.32 Å². The summed E-state index contributed by atoms with van der Waals surface area (Å²) in [6.45, 7) is 5.95. The largest absolute Gasteiger partial charge is 0.326 e. The Bertz CT molecular complexity index is 414. The summed E-state index contributed by atoms with van der Waals surface area (Å²) in [7, 11) is 0. The number of amides is 1. The SMILES string of the molecule is Cc1cccc(NC(=O)C2CCCNC2)c1C.Cl. The average molecular weight is 269 g/mol. The van der Waals surface area contributed by atoms with Crippen molar-refractivity contribution in [2.75, 3.05) is 18.4 Å². The Labute approximate surface area is 115 Å². The molecule has 1 saturated heterocycles. The molecule has 0 aliphatic carbocycles. The van der Waals surface area contributed by atoms with Gasteiger partial charge in [-0.1, -0.05) is 12.1 Å². The van der Waals surface area contributed by atoms with Gasteiger partial charge in [-0.25, -0.2) is 0 Å². The Hall–Kier alpha value is -1.06. The van der Waals surface area contributed by atoms with Crippen LogP contribution in [0.4, 0.5) is 5.69 Å². The quantitative estimate of drug-likeness (QED) is 0.866. The van der Waals surface area contributed by atoms with Gasteiger partial charge in [0, 0.05) is 12.2 Å². The molecule has 2 N–H and O–H groups in total. The van der Waals surface area contributed by atoms with E-state index in [0.717, 1.165) is 37.2 Å². The molecule has 0 saturated carbocycles. The van der Waals surface area contributed by atoms with Crippen molar-refractivity contribution < 1.29 is 4.79 Å². The number of hydrogen-bond donors (Lipinski definition) is 2. The molecular weight excluding hydrogens is 248 g/mol. The average Bonchev–Trinajstić information content (AvgIpc) is 2.36. The Balaban J connectivity index is 0.00000162. The van der Waals surface area contributed by atoms with Crippen LogP contribution in [-0.4, -0.2) is 19.0 Å². The highest BCUT2D eigenvalue weighted by molar-refractivity contribution is 5.93. The van der Waals surface area contributed by atoms with Crippen LogP contribution in [0.3, 0.4) is 0 Å². The van der Waals surface area contributed by atoms with Crippen LogP contribution in [0.5, 0.6) is 0 Å². The van der Waals surface area contributed by atoms with Crippen LogP contribution in [0.2, 0.25) is 0 Å². The van der Waals surface area contributed by atoms with E-state index < -0.39 is 0 Å². The van der Waals surface area contributed by atoms with Gasteiger partial charge >= 0.3 is 0 Å². The van der Waals surface area contributed by atoms with Crippen LogP contribution in [0.1, 0.15) is 24.0 Å². The summed E-state index contributed by atoms with van der Waals surface area (Å²) in [5, 5.41) is 6.31. The molecule has 1 aromatic carbocycles. The monoisotopic (exact) mass is 268 g/mol. The molecule has 1 aromatic rings. The minimum absolute atomic E-state index is 0. The highest BCUT2D eigenvalue weighted by Crippen LogP contribution is 2.20. The van der Waals surface area contributed by atoms with Crippen LogP contribution in [-0.2, 0) is 4.79 Å². The second-order valence-corrected chi connectivity index (χ2v) is 4.78. The summed E-state index contributed by atoms with van der Waals surface area (Å²) in [6, 6.07) is 6.01. The minimum atomic E-state index is 0. The van der Waals surface area contributed by atoms with Gasteiger partial charge in [0.1, 0.15) is 0 Å². The maximum Gasteiger partial charge on any atom is 0.228 e. The van der Waals surface area contributed by atoms with Gasteiger partial charge in [0.15, 0.2) is 0 Å². The summed E-state index contributed by atoms with van der Waals surface area (Å²) < 4.78 is 0. The molecule has 4 heteroatoms. The molecule has 3 nitrogen and oxygen atoms in total. The van der Waals surface area contributed by atoms with Crippen molar-refractivity contribution in [2.45, 2.75) is 26.7 Å². The number of benzene rings is 1. The molecule has 0 aromatic heterocycles. The predicted octanol–water partition coefficient (Wildman–Crippen LogP) is 2.66. The number of halogens is 1. The zero-order chi connectivity index (χ0) is 12.3. The number of rotatable bonds is 2. The highest BCUT2D eigenvalue weighted by Gasteiger charge is 2.21. The third kappa shape index (κ3) is 3.47. The van der Waals surface area contributed by atoms with Gasteiger partial charge in [0.2, 0.25) is 5.91 Å². The first-order valence-corrected chi connectivity index (χ1v) is 6.26. The summed E-state index contributed by atoms with van der Waals surface area (Å²) in [5.41, 5.74) is 3.31. The number of piperidine rings is 1. The van der Waals surface area contributed by atoms with E-state index in [9.17, 15) is 4.79 Å². The van der Waals surface area contributed by atoms with Crippen LogP contribution in [0, 0.1) is 19.8 Å². The fourth-order valence-corrected chi connectivity index (χ4v) is 2.20. The standard InChI is InChI=1S/C14H20N2O.ClH/c1-10-5-3-7-13(11(10)2)16-14(17)12-6-4-8-15-9-12;/h3,5,7,12,15H,4,6,8-9H2,1-2H3,(H,16,17);1H.